The van der Waals surface area contributed by atoms with E-state index in [0.29, 0.717) is 0 Å². The quantitative estimate of drug-likeness (QED) is 0.753. The summed E-state index contributed by atoms with van der Waals surface area (Å²) in [6.45, 7) is 0. The van der Waals surface area contributed by atoms with Crippen LogP contribution in [0.3, 0.4) is 0 Å². The fraction of sp³-hybridized carbons (Fsp3) is 0.273. The van der Waals surface area contributed by atoms with Gasteiger partial charge in [-0.15, -0.1) is 0 Å². The number of benzene rings is 2. The molecule has 0 saturated carbocycles. The van der Waals surface area contributed by atoms with E-state index in [0.717, 1.165) is 22.3 Å². The highest BCUT2D eigenvalue weighted by Crippen LogP contribution is 2.34. The van der Waals surface area contributed by atoms with Gasteiger partial charge in [0.2, 0.25) is 11.8 Å². The number of carbonyl (C=O) groups excluding carboxylic acids is 2. The first-order valence-corrected chi connectivity index (χ1v) is 9.38. The number of carbonyl (C=O) groups is 2. The minimum atomic E-state index is -4.51. The molecule has 1 aliphatic carbocycles. The Morgan fingerprint density at radius 2 is 1.48 bits per heavy atom. The summed E-state index contributed by atoms with van der Waals surface area (Å²) in [5.74, 6) is -2.60. The second kappa shape index (κ2) is 7.39. The molecule has 4 nitrogen and oxygen atoms in total. The van der Waals surface area contributed by atoms with Crippen molar-refractivity contribution < 1.29 is 22.8 Å². The van der Waals surface area contributed by atoms with E-state index in [2.05, 4.69) is 5.32 Å². The Balaban J connectivity index is 1.60. The third-order valence-electron chi connectivity index (χ3n) is 5.43. The first-order chi connectivity index (χ1) is 13.8. The van der Waals surface area contributed by atoms with Gasteiger partial charge in [-0.2, -0.15) is 13.2 Å². The molecular formula is C22H19F3N2O2. The zero-order chi connectivity index (χ0) is 20.6. The molecule has 0 aromatic heterocycles. The number of hydrogen-bond acceptors (Lipinski definition) is 2. The molecule has 2 aliphatic rings. The molecule has 1 fully saturated rings. The molecule has 2 aromatic carbocycles. The molecule has 2 aromatic rings. The number of halogens is 3. The maximum atomic E-state index is 12.9. The summed E-state index contributed by atoms with van der Waals surface area (Å²) in [6, 6.07) is 12.8. The molecule has 1 aliphatic heterocycles. The van der Waals surface area contributed by atoms with Gasteiger partial charge in [0, 0.05) is 0 Å². The first kappa shape index (κ1) is 19.2. The lowest BCUT2D eigenvalue weighted by Gasteiger charge is -2.31. The van der Waals surface area contributed by atoms with Gasteiger partial charge in [-0.05, 0) is 35.1 Å². The first-order valence-electron chi connectivity index (χ1n) is 9.38. The van der Waals surface area contributed by atoms with Crippen LogP contribution in [-0.4, -0.2) is 24.0 Å². The van der Waals surface area contributed by atoms with Crippen LogP contribution in [0.5, 0.6) is 0 Å². The van der Waals surface area contributed by atoms with Crippen molar-refractivity contribution in [3.05, 3.63) is 70.8 Å². The largest absolute Gasteiger partial charge is 0.408 e. The van der Waals surface area contributed by atoms with Crippen LogP contribution in [0, 0.1) is 5.92 Å². The van der Waals surface area contributed by atoms with E-state index >= 15 is 0 Å². The number of nitrogens with one attached hydrogen (secondary N) is 2. The SMILES string of the molecule is O=C(NC1c2ccccc2C=Cc2ccccc21)C1CCC(C(F)(F)F)NC1=O. The van der Waals surface area contributed by atoms with Crippen molar-refractivity contribution in [2.24, 2.45) is 5.92 Å². The molecule has 0 spiro atoms. The van der Waals surface area contributed by atoms with Crippen molar-refractivity contribution in [1.29, 1.82) is 0 Å². The lowest BCUT2D eigenvalue weighted by molar-refractivity contribution is -0.171. The van der Waals surface area contributed by atoms with Gasteiger partial charge in [0.1, 0.15) is 12.0 Å². The van der Waals surface area contributed by atoms with Crippen LogP contribution >= 0.6 is 0 Å². The Bertz CT molecular complexity index is 935. The van der Waals surface area contributed by atoms with Crippen molar-refractivity contribution in [3.8, 4) is 0 Å². The monoisotopic (exact) mass is 400 g/mol. The van der Waals surface area contributed by atoms with E-state index < -0.39 is 36.0 Å². The van der Waals surface area contributed by atoms with E-state index in [4.69, 9.17) is 0 Å². The number of piperidine rings is 1. The number of alkyl halides is 3. The zero-order valence-corrected chi connectivity index (χ0v) is 15.4. The van der Waals surface area contributed by atoms with Gasteiger partial charge >= 0.3 is 6.18 Å². The molecule has 150 valence electrons. The van der Waals surface area contributed by atoms with Crippen LogP contribution in [-0.2, 0) is 9.59 Å². The molecule has 2 unspecified atom stereocenters. The molecule has 0 bridgehead atoms. The van der Waals surface area contributed by atoms with Crippen LogP contribution in [0.25, 0.3) is 12.2 Å². The molecule has 1 heterocycles. The van der Waals surface area contributed by atoms with Crippen LogP contribution in [0.15, 0.2) is 48.5 Å². The molecule has 7 heteroatoms. The number of rotatable bonds is 2. The summed E-state index contributed by atoms with van der Waals surface area (Å²) in [4.78, 5) is 25.1. The maximum Gasteiger partial charge on any atom is 0.408 e. The van der Waals surface area contributed by atoms with E-state index in [1.54, 1.807) is 0 Å². The Kier molecular flexibility index (Phi) is 4.90. The summed E-state index contributed by atoms with van der Waals surface area (Å²) in [5.41, 5.74) is 3.59. The highest BCUT2D eigenvalue weighted by Gasteiger charge is 2.46. The predicted octanol–water partition coefficient (Wildman–Crippen LogP) is 3.83. The summed E-state index contributed by atoms with van der Waals surface area (Å²) in [7, 11) is 0. The normalized spacial score (nSPS) is 21.6. The molecule has 2 atom stereocenters. The Morgan fingerprint density at radius 3 is 2.00 bits per heavy atom. The van der Waals surface area contributed by atoms with Gasteiger partial charge in [0.15, 0.2) is 0 Å². The van der Waals surface area contributed by atoms with Crippen LogP contribution < -0.4 is 10.6 Å². The lowest BCUT2D eigenvalue weighted by Crippen LogP contribution is -2.54. The van der Waals surface area contributed by atoms with E-state index in [1.165, 1.54) is 0 Å². The standard InChI is InChI=1S/C22H19F3N2O2/c23-22(24,25)18-12-11-17(20(28)26-18)21(29)27-19-15-7-3-1-5-13(15)9-10-14-6-2-4-8-16(14)19/h1-10,17-19H,11-12H2,(H,26,28)(H,27,29). The van der Waals surface area contributed by atoms with Crippen molar-refractivity contribution in [1.82, 2.24) is 10.6 Å². The lowest BCUT2D eigenvalue weighted by atomic mass is 9.90. The van der Waals surface area contributed by atoms with E-state index in [9.17, 15) is 22.8 Å². The van der Waals surface area contributed by atoms with Crippen molar-refractivity contribution in [2.75, 3.05) is 0 Å². The number of fused-ring (bicyclic) bond motifs is 2. The summed E-state index contributed by atoms with van der Waals surface area (Å²) in [5, 5.41) is 4.84. The van der Waals surface area contributed by atoms with Crippen LogP contribution in [0.2, 0.25) is 0 Å². The average molecular weight is 400 g/mol. The third-order valence-corrected chi connectivity index (χ3v) is 5.43. The topological polar surface area (TPSA) is 58.2 Å². The fourth-order valence-corrected chi connectivity index (χ4v) is 3.90. The summed E-state index contributed by atoms with van der Waals surface area (Å²) in [6.07, 6.45) is -1.05. The summed E-state index contributed by atoms with van der Waals surface area (Å²) < 4.78 is 38.6. The van der Waals surface area contributed by atoms with Crippen molar-refractivity contribution >= 4 is 24.0 Å². The molecule has 2 N–H and O–H groups in total. The molecule has 1 saturated heterocycles. The highest BCUT2D eigenvalue weighted by molar-refractivity contribution is 6.01. The predicted molar refractivity (Wildman–Crippen MR) is 103 cm³/mol. The molecule has 2 amide bonds. The van der Waals surface area contributed by atoms with Gasteiger partial charge in [-0.3, -0.25) is 9.59 Å². The smallest absolute Gasteiger partial charge is 0.344 e. The second-order valence-corrected chi connectivity index (χ2v) is 7.27. The average Bonchev–Trinajstić information content (AvgIpc) is 2.85. The van der Waals surface area contributed by atoms with Gasteiger partial charge in [-0.1, -0.05) is 60.7 Å². The van der Waals surface area contributed by atoms with E-state index in [1.807, 2.05) is 66.0 Å². The Hall–Kier alpha value is -3.09. The maximum absolute atomic E-state index is 12.9. The minimum absolute atomic E-state index is 0.143. The van der Waals surface area contributed by atoms with E-state index in [-0.39, 0.29) is 12.8 Å². The zero-order valence-electron chi connectivity index (χ0n) is 15.4. The summed E-state index contributed by atoms with van der Waals surface area (Å²) >= 11 is 0. The van der Waals surface area contributed by atoms with Gasteiger partial charge in [0.05, 0.1) is 6.04 Å². The molecular weight excluding hydrogens is 381 g/mol. The number of amides is 2. The molecule has 0 radical (unpaired) electrons. The fourth-order valence-electron chi connectivity index (χ4n) is 3.90. The highest BCUT2D eigenvalue weighted by atomic mass is 19.4. The van der Waals surface area contributed by atoms with Crippen molar-refractivity contribution in [3.63, 3.8) is 0 Å². The molecule has 29 heavy (non-hydrogen) atoms. The van der Waals surface area contributed by atoms with Crippen LogP contribution in [0.4, 0.5) is 13.2 Å². The second-order valence-electron chi connectivity index (χ2n) is 7.27. The Morgan fingerprint density at radius 1 is 0.931 bits per heavy atom. The third kappa shape index (κ3) is 3.77. The number of hydrogen-bond donors (Lipinski definition) is 2. The Labute approximate surface area is 165 Å². The van der Waals surface area contributed by atoms with Gasteiger partial charge < -0.3 is 10.6 Å². The van der Waals surface area contributed by atoms with Gasteiger partial charge in [0.25, 0.3) is 0 Å². The van der Waals surface area contributed by atoms with Crippen LogP contribution in [0.1, 0.15) is 41.1 Å². The molecule has 4 rings (SSSR count). The van der Waals surface area contributed by atoms with Gasteiger partial charge in [-0.25, -0.2) is 0 Å². The van der Waals surface area contributed by atoms with Crippen molar-refractivity contribution in [2.45, 2.75) is 31.1 Å². The minimum Gasteiger partial charge on any atom is -0.344 e.